The van der Waals surface area contributed by atoms with Gasteiger partial charge in [-0.2, -0.15) is 0 Å². The monoisotopic (exact) mass is 472 g/mol. The third kappa shape index (κ3) is 4.27. The molecule has 1 aromatic carbocycles. The Morgan fingerprint density at radius 1 is 1.28 bits per heavy atom. The maximum atomic E-state index is 12.3. The maximum absolute atomic E-state index is 12.3. The number of piperidine rings is 1. The number of carbonyl (C=O) groups excluding carboxylic acids is 1. The van der Waals surface area contributed by atoms with Crippen LogP contribution in [0.2, 0.25) is 0 Å². The number of benzene rings is 1. The number of aromatic nitrogens is 1. The molecule has 1 fully saturated rings. The first-order valence-corrected chi connectivity index (χ1v) is 12.0. The fraction of sp³-hybridized carbons (Fsp3) is 0.526. The summed E-state index contributed by atoms with van der Waals surface area (Å²) in [4.78, 5) is 14.1. The third-order valence-electron chi connectivity index (χ3n) is 4.62. The molecule has 136 valence electrons. The molecular weight excluding hydrogens is 447 g/mol. The molecule has 0 aliphatic carbocycles. The molecule has 0 atom stereocenters. The number of halogens is 1. The summed E-state index contributed by atoms with van der Waals surface area (Å²) in [5.74, 6) is 0.494. The summed E-state index contributed by atoms with van der Waals surface area (Å²) in [6.07, 6.45) is 4.05. The fourth-order valence-corrected chi connectivity index (χ4v) is 4.77. The second-order valence-electron chi connectivity index (χ2n) is 7.74. The van der Waals surface area contributed by atoms with E-state index in [9.17, 15) is 4.79 Å². The molecule has 3 rings (SSSR count). The van der Waals surface area contributed by atoms with Crippen molar-refractivity contribution in [3.05, 3.63) is 35.5 Å². The van der Waals surface area contributed by atoms with Crippen LogP contribution in [0.15, 0.2) is 24.4 Å². The van der Waals surface area contributed by atoms with E-state index in [1.807, 2.05) is 25.7 Å². The van der Waals surface area contributed by atoms with Gasteiger partial charge >= 0.3 is 6.09 Å². The van der Waals surface area contributed by atoms with Crippen LogP contribution in [0.1, 0.15) is 50.7 Å². The molecule has 0 bridgehead atoms. The summed E-state index contributed by atoms with van der Waals surface area (Å²) >= 11 is 2.33. The highest BCUT2D eigenvalue weighted by Crippen LogP contribution is 2.37. The zero-order valence-electron chi connectivity index (χ0n) is 15.2. The summed E-state index contributed by atoms with van der Waals surface area (Å²) in [6.45, 7) is 9.39. The molecule has 0 radical (unpaired) electrons. The van der Waals surface area contributed by atoms with Gasteiger partial charge in [-0.3, -0.25) is 3.97 Å². The van der Waals surface area contributed by atoms with Crippen LogP contribution in [-0.4, -0.2) is 33.7 Å². The molecular formula is C19H25IN2O2S. The Kier molecular flexibility index (Phi) is 5.58. The minimum absolute atomic E-state index is 0.188. The van der Waals surface area contributed by atoms with E-state index >= 15 is 0 Å². The predicted octanol–water partition coefficient (Wildman–Crippen LogP) is 5.91. The average molecular weight is 472 g/mol. The molecule has 1 amide bonds. The summed E-state index contributed by atoms with van der Waals surface area (Å²) in [7, 11) is 1.71. The molecule has 2 aromatic rings. The number of nitrogens with zero attached hydrogens (tertiary/aromatic N) is 2. The highest BCUT2D eigenvalue weighted by atomic mass is 127. The van der Waals surface area contributed by atoms with Crippen molar-refractivity contribution >= 4 is 47.3 Å². The van der Waals surface area contributed by atoms with Gasteiger partial charge in [0.1, 0.15) is 5.60 Å². The van der Waals surface area contributed by atoms with Crippen LogP contribution < -0.4 is 0 Å². The number of amides is 1. The Morgan fingerprint density at radius 3 is 2.56 bits per heavy atom. The lowest BCUT2D eigenvalue weighted by Gasteiger charge is -2.33. The molecule has 1 saturated heterocycles. The zero-order valence-corrected chi connectivity index (χ0v) is 18.2. The largest absolute Gasteiger partial charge is 0.444 e. The lowest BCUT2D eigenvalue weighted by molar-refractivity contribution is 0.0205. The Bertz CT molecular complexity index is 774. The SMILES string of the molecule is Cc1ccc2c(C3CCN(C(=O)OC(C)(C)C)CC3)cn(SI)c2c1. The topological polar surface area (TPSA) is 34.5 Å². The van der Waals surface area contributed by atoms with E-state index in [1.165, 1.54) is 22.0 Å². The van der Waals surface area contributed by atoms with Crippen LogP contribution in [0.25, 0.3) is 10.9 Å². The lowest BCUT2D eigenvalue weighted by atomic mass is 9.89. The molecule has 1 aliphatic heterocycles. The van der Waals surface area contributed by atoms with Crippen molar-refractivity contribution in [1.29, 1.82) is 0 Å². The Hall–Kier alpha value is -0.890. The van der Waals surface area contributed by atoms with E-state index in [0.717, 1.165) is 25.9 Å². The second-order valence-corrected chi connectivity index (χ2v) is 9.45. The molecule has 25 heavy (non-hydrogen) atoms. The van der Waals surface area contributed by atoms with Gasteiger partial charge in [-0.05, 0) is 63.6 Å². The minimum atomic E-state index is -0.434. The first-order valence-electron chi connectivity index (χ1n) is 8.67. The molecule has 1 aliphatic rings. The third-order valence-corrected chi connectivity index (χ3v) is 6.34. The number of aryl methyl sites for hydroxylation is 1. The van der Waals surface area contributed by atoms with Crippen molar-refractivity contribution in [2.75, 3.05) is 13.1 Å². The van der Waals surface area contributed by atoms with Gasteiger partial charge in [0.15, 0.2) is 0 Å². The van der Waals surface area contributed by atoms with Crippen molar-refractivity contribution < 1.29 is 9.53 Å². The number of ether oxygens (including phenoxy) is 1. The van der Waals surface area contributed by atoms with Gasteiger partial charge in [0.25, 0.3) is 0 Å². The quantitative estimate of drug-likeness (QED) is 0.510. The highest BCUT2D eigenvalue weighted by Gasteiger charge is 2.29. The van der Waals surface area contributed by atoms with Crippen LogP contribution in [0, 0.1) is 6.92 Å². The number of fused-ring (bicyclic) bond motifs is 1. The number of likely N-dealkylation sites (tertiary alicyclic amines) is 1. The van der Waals surface area contributed by atoms with Crippen LogP contribution in [0.4, 0.5) is 4.79 Å². The summed E-state index contributed by atoms with van der Waals surface area (Å²) in [5.41, 5.74) is 3.53. The minimum Gasteiger partial charge on any atom is -0.444 e. The molecule has 0 N–H and O–H groups in total. The fourth-order valence-electron chi connectivity index (χ4n) is 3.42. The van der Waals surface area contributed by atoms with Crippen LogP contribution in [-0.2, 0) is 4.74 Å². The van der Waals surface area contributed by atoms with Crippen LogP contribution >= 0.6 is 30.3 Å². The summed E-state index contributed by atoms with van der Waals surface area (Å²) in [6, 6.07) is 6.67. The Balaban J connectivity index is 1.75. The van der Waals surface area contributed by atoms with Gasteiger partial charge in [0, 0.05) is 55.0 Å². The molecule has 4 nitrogen and oxygen atoms in total. The summed E-state index contributed by atoms with van der Waals surface area (Å²) in [5, 5.41) is 1.34. The number of hydrogen-bond donors (Lipinski definition) is 0. The normalized spacial score (nSPS) is 16.4. The van der Waals surface area contributed by atoms with Gasteiger partial charge in [0.2, 0.25) is 0 Å². The van der Waals surface area contributed by atoms with Crippen LogP contribution in [0.3, 0.4) is 0 Å². The van der Waals surface area contributed by atoms with Crippen LogP contribution in [0.5, 0.6) is 0 Å². The zero-order chi connectivity index (χ0) is 18.2. The lowest BCUT2D eigenvalue weighted by Crippen LogP contribution is -2.41. The van der Waals surface area contributed by atoms with E-state index in [2.05, 4.69) is 56.5 Å². The van der Waals surface area contributed by atoms with E-state index < -0.39 is 5.60 Å². The second kappa shape index (κ2) is 7.39. The van der Waals surface area contributed by atoms with E-state index in [0.29, 0.717) is 5.92 Å². The molecule has 6 heteroatoms. The van der Waals surface area contributed by atoms with Gasteiger partial charge in [-0.15, -0.1) is 0 Å². The van der Waals surface area contributed by atoms with Crippen molar-refractivity contribution in [2.24, 2.45) is 0 Å². The molecule has 0 unspecified atom stereocenters. The van der Waals surface area contributed by atoms with Crippen molar-refractivity contribution in [1.82, 2.24) is 8.87 Å². The average Bonchev–Trinajstić information content (AvgIpc) is 2.91. The number of hydrogen-bond acceptors (Lipinski definition) is 3. The van der Waals surface area contributed by atoms with Gasteiger partial charge < -0.3 is 9.64 Å². The smallest absolute Gasteiger partial charge is 0.410 e. The highest BCUT2D eigenvalue weighted by molar-refractivity contribution is 14.2. The van der Waals surface area contributed by atoms with E-state index in [4.69, 9.17) is 4.74 Å². The van der Waals surface area contributed by atoms with Crippen molar-refractivity contribution in [3.8, 4) is 0 Å². The Morgan fingerprint density at radius 2 is 1.96 bits per heavy atom. The van der Waals surface area contributed by atoms with Gasteiger partial charge in [-0.25, -0.2) is 4.79 Å². The van der Waals surface area contributed by atoms with Crippen molar-refractivity contribution in [3.63, 3.8) is 0 Å². The van der Waals surface area contributed by atoms with Gasteiger partial charge in [-0.1, -0.05) is 12.1 Å². The van der Waals surface area contributed by atoms with E-state index in [1.54, 1.807) is 9.12 Å². The first kappa shape index (κ1) is 18.9. The van der Waals surface area contributed by atoms with Crippen molar-refractivity contribution in [2.45, 2.75) is 52.1 Å². The molecule has 0 spiro atoms. The Labute approximate surface area is 166 Å². The predicted molar refractivity (Wildman–Crippen MR) is 113 cm³/mol. The molecule has 2 heterocycles. The first-order chi connectivity index (χ1) is 11.8. The van der Waals surface area contributed by atoms with Gasteiger partial charge in [0.05, 0.1) is 5.52 Å². The standard InChI is InChI=1S/C19H25IN2O2S/c1-13-5-6-15-16(12-22(25-20)17(15)11-13)14-7-9-21(10-8-14)18(23)24-19(2,3)4/h5-6,11-12,14H,7-10H2,1-4H3. The number of carbonyl (C=O) groups is 1. The molecule has 1 aromatic heterocycles. The van der Waals surface area contributed by atoms with E-state index in [-0.39, 0.29) is 6.09 Å². The maximum Gasteiger partial charge on any atom is 0.410 e. The summed E-state index contributed by atoms with van der Waals surface area (Å²) < 4.78 is 7.75. The number of rotatable bonds is 2. The molecule has 0 saturated carbocycles.